The number of benzene rings is 2. The lowest BCUT2D eigenvalue weighted by atomic mass is 9.84. The molecule has 5 nitrogen and oxygen atoms in total. The maximum absolute atomic E-state index is 12.7. The van der Waals surface area contributed by atoms with Gasteiger partial charge in [-0.05, 0) is 37.1 Å². The number of nitrogens with one attached hydrogen (secondary N) is 1. The second-order valence-corrected chi connectivity index (χ2v) is 7.61. The summed E-state index contributed by atoms with van der Waals surface area (Å²) in [5.41, 5.74) is 3.33. The zero-order chi connectivity index (χ0) is 19.4. The smallest absolute Gasteiger partial charge is 0.317 e. The van der Waals surface area contributed by atoms with Crippen LogP contribution in [0.25, 0.3) is 0 Å². The Morgan fingerprint density at radius 2 is 1.93 bits per heavy atom. The molecule has 144 valence electrons. The Balaban J connectivity index is 1.61. The minimum Gasteiger partial charge on any atom is -0.454 e. The SMILES string of the molecule is CCN(Cc1ccc2c(c1)OCO2)C(=O)NCC(C)(C)c1cccc(C)c1. The van der Waals surface area contributed by atoms with E-state index in [4.69, 9.17) is 9.47 Å². The quantitative estimate of drug-likeness (QED) is 0.830. The number of hydrogen-bond acceptors (Lipinski definition) is 3. The van der Waals surface area contributed by atoms with Crippen LogP contribution in [0.5, 0.6) is 11.5 Å². The van der Waals surface area contributed by atoms with Gasteiger partial charge >= 0.3 is 6.03 Å². The molecule has 2 aromatic carbocycles. The minimum atomic E-state index is -0.139. The molecule has 0 radical (unpaired) electrons. The number of carbonyl (C=O) groups is 1. The van der Waals surface area contributed by atoms with E-state index in [0.717, 1.165) is 17.1 Å². The Morgan fingerprint density at radius 1 is 1.15 bits per heavy atom. The van der Waals surface area contributed by atoms with E-state index in [1.54, 1.807) is 4.90 Å². The summed E-state index contributed by atoms with van der Waals surface area (Å²) in [5.74, 6) is 1.50. The van der Waals surface area contributed by atoms with E-state index in [1.807, 2.05) is 25.1 Å². The van der Waals surface area contributed by atoms with Gasteiger partial charge in [0, 0.05) is 25.0 Å². The zero-order valence-electron chi connectivity index (χ0n) is 16.5. The average Bonchev–Trinajstić information content (AvgIpc) is 3.12. The van der Waals surface area contributed by atoms with Gasteiger partial charge in [-0.25, -0.2) is 4.79 Å². The molecule has 5 heteroatoms. The van der Waals surface area contributed by atoms with Crippen molar-refractivity contribution in [3.63, 3.8) is 0 Å². The van der Waals surface area contributed by atoms with Gasteiger partial charge < -0.3 is 19.7 Å². The summed E-state index contributed by atoms with van der Waals surface area (Å²) in [6.07, 6.45) is 0. The second kappa shape index (κ2) is 7.91. The molecule has 0 saturated carbocycles. The third-order valence-corrected chi connectivity index (χ3v) is 4.96. The molecule has 0 spiro atoms. The first-order valence-corrected chi connectivity index (χ1v) is 9.37. The molecule has 0 saturated heterocycles. The number of amides is 2. The van der Waals surface area contributed by atoms with Crippen LogP contribution in [-0.4, -0.2) is 30.8 Å². The number of nitrogens with zero attached hydrogens (tertiary/aromatic N) is 1. The van der Waals surface area contributed by atoms with Crippen molar-refractivity contribution in [2.45, 2.75) is 39.7 Å². The Morgan fingerprint density at radius 3 is 2.67 bits per heavy atom. The molecular weight excluding hydrogens is 340 g/mol. The van der Waals surface area contributed by atoms with Crippen molar-refractivity contribution in [2.24, 2.45) is 0 Å². The second-order valence-electron chi connectivity index (χ2n) is 7.61. The van der Waals surface area contributed by atoms with Gasteiger partial charge in [-0.2, -0.15) is 0 Å². The number of fused-ring (bicyclic) bond motifs is 1. The third-order valence-electron chi connectivity index (χ3n) is 4.96. The summed E-state index contributed by atoms with van der Waals surface area (Å²) >= 11 is 0. The summed E-state index contributed by atoms with van der Waals surface area (Å²) in [7, 11) is 0. The first-order valence-electron chi connectivity index (χ1n) is 9.37. The van der Waals surface area contributed by atoms with Crippen LogP contribution in [0.2, 0.25) is 0 Å². The lowest BCUT2D eigenvalue weighted by molar-refractivity contribution is 0.173. The first kappa shape index (κ1) is 19.1. The van der Waals surface area contributed by atoms with Gasteiger partial charge in [0.25, 0.3) is 0 Å². The molecule has 2 aromatic rings. The largest absolute Gasteiger partial charge is 0.454 e. The average molecular weight is 368 g/mol. The van der Waals surface area contributed by atoms with Crippen molar-refractivity contribution in [2.75, 3.05) is 19.9 Å². The molecule has 1 aliphatic heterocycles. The van der Waals surface area contributed by atoms with Crippen molar-refractivity contribution < 1.29 is 14.3 Å². The minimum absolute atomic E-state index is 0.0594. The van der Waals surface area contributed by atoms with Crippen LogP contribution < -0.4 is 14.8 Å². The molecule has 1 heterocycles. The summed E-state index contributed by atoms with van der Waals surface area (Å²) in [5, 5.41) is 3.10. The van der Waals surface area contributed by atoms with Crippen molar-refractivity contribution >= 4 is 6.03 Å². The Bertz CT molecular complexity index is 817. The van der Waals surface area contributed by atoms with E-state index in [1.165, 1.54) is 11.1 Å². The first-order chi connectivity index (χ1) is 12.9. The number of aryl methyl sites for hydroxylation is 1. The molecule has 0 unspecified atom stereocenters. The Kier molecular flexibility index (Phi) is 5.59. The van der Waals surface area contributed by atoms with Gasteiger partial charge in [0.15, 0.2) is 11.5 Å². The van der Waals surface area contributed by atoms with Crippen molar-refractivity contribution in [3.05, 3.63) is 59.2 Å². The maximum atomic E-state index is 12.7. The fourth-order valence-electron chi connectivity index (χ4n) is 3.16. The fourth-order valence-corrected chi connectivity index (χ4v) is 3.16. The van der Waals surface area contributed by atoms with E-state index in [0.29, 0.717) is 19.6 Å². The third kappa shape index (κ3) is 4.54. The molecule has 0 atom stereocenters. The molecule has 0 aromatic heterocycles. The van der Waals surface area contributed by atoms with Gasteiger partial charge in [0.1, 0.15) is 0 Å². The molecule has 1 N–H and O–H groups in total. The summed E-state index contributed by atoms with van der Waals surface area (Å²) < 4.78 is 10.8. The number of ether oxygens (including phenoxy) is 2. The molecule has 27 heavy (non-hydrogen) atoms. The van der Waals surface area contributed by atoms with Gasteiger partial charge in [0.05, 0.1) is 0 Å². The van der Waals surface area contributed by atoms with Gasteiger partial charge in [-0.15, -0.1) is 0 Å². The van der Waals surface area contributed by atoms with Gasteiger partial charge in [-0.3, -0.25) is 0 Å². The van der Waals surface area contributed by atoms with E-state index in [2.05, 4.69) is 50.4 Å². The van der Waals surface area contributed by atoms with Crippen LogP contribution in [-0.2, 0) is 12.0 Å². The van der Waals surface area contributed by atoms with Crippen LogP contribution in [0.1, 0.15) is 37.5 Å². The fraction of sp³-hybridized carbons (Fsp3) is 0.409. The number of rotatable bonds is 6. The number of hydrogen-bond donors (Lipinski definition) is 1. The number of urea groups is 1. The summed E-state index contributed by atoms with van der Waals surface area (Å²) in [4.78, 5) is 14.5. The monoisotopic (exact) mass is 368 g/mol. The van der Waals surface area contributed by atoms with Crippen LogP contribution >= 0.6 is 0 Å². The highest BCUT2D eigenvalue weighted by Crippen LogP contribution is 2.32. The highest BCUT2D eigenvalue weighted by atomic mass is 16.7. The molecule has 0 fully saturated rings. The maximum Gasteiger partial charge on any atom is 0.317 e. The van der Waals surface area contributed by atoms with Crippen molar-refractivity contribution in [3.8, 4) is 11.5 Å². The highest BCUT2D eigenvalue weighted by molar-refractivity contribution is 5.74. The lowest BCUT2D eigenvalue weighted by Crippen LogP contribution is -2.44. The predicted molar refractivity (Wildman–Crippen MR) is 106 cm³/mol. The van der Waals surface area contributed by atoms with Gasteiger partial charge in [-0.1, -0.05) is 49.7 Å². The number of carbonyl (C=O) groups excluding carboxylic acids is 1. The van der Waals surface area contributed by atoms with Crippen molar-refractivity contribution in [1.29, 1.82) is 0 Å². The van der Waals surface area contributed by atoms with Gasteiger partial charge in [0.2, 0.25) is 6.79 Å². The topological polar surface area (TPSA) is 50.8 Å². The van der Waals surface area contributed by atoms with Crippen LogP contribution in [0.15, 0.2) is 42.5 Å². The molecule has 0 aliphatic carbocycles. The molecule has 0 bridgehead atoms. The highest BCUT2D eigenvalue weighted by Gasteiger charge is 2.23. The van der Waals surface area contributed by atoms with E-state index < -0.39 is 0 Å². The molecule has 3 rings (SSSR count). The molecule has 1 aliphatic rings. The van der Waals surface area contributed by atoms with Crippen LogP contribution in [0.3, 0.4) is 0 Å². The summed E-state index contributed by atoms with van der Waals surface area (Å²) in [6.45, 7) is 10.4. The Hall–Kier alpha value is -2.69. The van der Waals surface area contributed by atoms with E-state index >= 15 is 0 Å². The van der Waals surface area contributed by atoms with Crippen molar-refractivity contribution in [1.82, 2.24) is 10.2 Å². The summed E-state index contributed by atoms with van der Waals surface area (Å²) in [6, 6.07) is 14.2. The molecular formula is C22H28N2O3. The van der Waals surface area contributed by atoms with Crippen LogP contribution in [0.4, 0.5) is 4.79 Å². The zero-order valence-corrected chi connectivity index (χ0v) is 16.5. The Labute approximate surface area is 161 Å². The van der Waals surface area contributed by atoms with E-state index in [9.17, 15) is 4.79 Å². The molecule has 2 amide bonds. The van der Waals surface area contributed by atoms with Crippen LogP contribution in [0, 0.1) is 6.92 Å². The standard InChI is InChI=1S/C22H28N2O3/c1-5-24(13-17-9-10-19-20(12-17)27-15-26-19)21(25)23-14-22(3,4)18-8-6-7-16(2)11-18/h6-12H,5,13-15H2,1-4H3,(H,23,25). The normalized spacial score (nSPS) is 12.7. The predicted octanol–water partition coefficient (Wildman–Crippen LogP) is 4.23. The lowest BCUT2D eigenvalue weighted by Gasteiger charge is -2.28. The van der Waals surface area contributed by atoms with E-state index in [-0.39, 0.29) is 18.2 Å².